The van der Waals surface area contributed by atoms with Gasteiger partial charge < -0.3 is 14.4 Å². The number of rotatable bonds is 5. The highest BCUT2D eigenvalue weighted by Crippen LogP contribution is 2.39. The number of hydrogen-bond acceptors (Lipinski definition) is 5. The second-order valence-electron chi connectivity index (χ2n) is 8.03. The van der Waals surface area contributed by atoms with Crippen LogP contribution in [0.2, 0.25) is 0 Å². The molecule has 168 valence electrons. The molecule has 1 unspecified atom stereocenters. The average molecular weight is 442 g/mol. The molecular formula is C24H24F2N2O4. The molecule has 1 fully saturated rings. The molecular weight excluding hydrogens is 418 g/mol. The molecule has 2 aromatic carbocycles. The van der Waals surface area contributed by atoms with E-state index >= 15 is 0 Å². The number of carbonyl (C=O) groups is 2. The number of imide groups is 1. The molecule has 2 amide bonds. The van der Waals surface area contributed by atoms with Gasteiger partial charge in [0.15, 0.2) is 11.5 Å². The van der Waals surface area contributed by atoms with Gasteiger partial charge in [-0.3, -0.25) is 9.59 Å². The minimum absolute atomic E-state index is 0.161. The number of likely N-dealkylation sites (tertiary alicyclic amines) is 1. The molecule has 0 spiro atoms. The van der Waals surface area contributed by atoms with Crippen molar-refractivity contribution in [3.63, 3.8) is 0 Å². The van der Waals surface area contributed by atoms with Crippen molar-refractivity contribution in [1.29, 1.82) is 0 Å². The van der Waals surface area contributed by atoms with Gasteiger partial charge in [-0.2, -0.15) is 0 Å². The number of methoxy groups -OCH3 is 2. The lowest BCUT2D eigenvalue weighted by Crippen LogP contribution is -2.39. The Labute approximate surface area is 185 Å². The van der Waals surface area contributed by atoms with E-state index in [9.17, 15) is 18.4 Å². The number of ether oxygens (including phenoxy) is 2. The molecule has 0 N–H and O–H groups in total. The predicted octanol–water partition coefficient (Wildman–Crippen LogP) is 4.00. The maximum Gasteiger partial charge on any atom is 0.282 e. The Balaban J connectivity index is 1.87. The topological polar surface area (TPSA) is 59.1 Å². The number of piperidine rings is 1. The van der Waals surface area contributed by atoms with Gasteiger partial charge in [0.1, 0.15) is 17.3 Å². The first-order valence-electron chi connectivity index (χ1n) is 10.4. The summed E-state index contributed by atoms with van der Waals surface area (Å²) >= 11 is 0. The highest BCUT2D eigenvalue weighted by Gasteiger charge is 2.44. The lowest BCUT2D eigenvalue weighted by Gasteiger charge is -2.33. The zero-order valence-electron chi connectivity index (χ0n) is 18.2. The first-order valence-corrected chi connectivity index (χ1v) is 10.4. The van der Waals surface area contributed by atoms with Gasteiger partial charge in [0.25, 0.3) is 11.8 Å². The molecule has 32 heavy (non-hydrogen) atoms. The molecule has 6 nitrogen and oxygen atoms in total. The molecule has 1 saturated heterocycles. The van der Waals surface area contributed by atoms with Crippen molar-refractivity contribution < 1.29 is 27.8 Å². The van der Waals surface area contributed by atoms with Gasteiger partial charge in [-0.25, -0.2) is 13.7 Å². The van der Waals surface area contributed by atoms with Crippen LogP contribution in [-0.2, 0) is 9.59 Å². The van der Waals surface area contributed by atoms with Crippen LogP contribution in [-0.4, -0.2) is 44.0 Å². The maximum atomic E-state index is 14.6. The van der Waals surface area contributed by atoms with Crippen LogP contribution in [0.25, 0.3) is 5.57 Å². The van der Waals surface area contributed by atoms with E-state index < -0.39 is 23.4 Å². The lowest BCUT2D eigenvalue weighted by molar-refractivity contribution is -0.120. The number of nitrogens with zero attached hydrogens (tertiary/aromatic N) is 2. The van der Waals surface area contributed by atoms with Crippen LogP contribution >= 0.6 is 0 Å². The van der Waals surface area contributed by atoms with Crippen LogP contribution in [0.5, 0.6) is 11.5 Å². The Morgan fingerprint density at radius 1 is 0.969 bits per heavy atom. The van der Waals surface area contributed by atoms with Gasteiger partial charge in [-0.05, 0) is 48.6 Å². The van der Waals surface area contributed by atoms with Crippen molar-refractivity contribution in [2.24, 2.45) is 5.92 Å². The molecule has 0 saturated carbocycles. The van der Waals surface area contributed by atoms with E-state index in [2.05, 4.69) is 6.92 Å². The fourth-order valence-electron chi connectivity index (χ4n) is 4.34. The molecule has 0 radical (unpaired) electrons. The third-order valence-electron chi connectivity index (χ3n) is 5.86. The Morgan fingerprint density at radius 3 is 2.38 bits per heavy atom. The van der Waals surface area contributed by atoms with E-state index in [-0.39, 0.29) is 17.0 Å². The van der Waals surface area contributed by atoms with E-state index in [1.54, 1.807) is 18.2 Å². The van der Waals surface area contributed by atoms with Crippen LogP contribution in [0.15, 0.2) is 42.1 Å². The fourth-order valence-corrected chi connectivity index (χ4v) is 4.34. The Kier molecular flexibility index (Phi) is 5.86. The molecule has 2 aliphatic rings. The Bertz CT molecular complexity index is 1120. The van der Waals surface area contributed by atoms with Crippen molar-refractivity contribution in [1.82, 2.24) is 4.90 Å². The zero-order valence-corrected chi connectivity index (χ0v) is 18.2. The average Bonchev–Trinajstić information content (AvgIpc) is 3.03. The number of halogens is 2. The minimum Gasteiger partial charge on any atom is -0.493 e. The molecule has 0 aromatic heterocycles. The van der Waals surface area contributed by atoms with Crippen LogP contribution < -0.4 is 14.4 Å². The molecule has 4 rings (SSSR count). The fraction of sp³-hybridized carbons (Fsp3) is 0.333. The predicted molar refractivity (Wildman–Crippen MR) is 115 cm³/mol. The van der Waals surface area contributed by atoms with Crippen molar-refractivity contribution in [2.45, 2.75) is 19.8 Å². The van der Waals surface area contributed by atoms with Gasteiger partial charge in [-0.15, -0.1) is 0 Å². The van der Waals surface area contributed by atoms with E-state index in [4.69, 9.17) is 9.47 Å². The number of hydrogen-bond donors (Lipinski definition) is 0. The van der Waals surface area contributed by atoms with Gasteiger partial charge in [0.05, 0.1) is 25.5 Å². The summed E-state index contributed by atoms with van der Waals surface area (Å²) in [6, 6.07) is 7.73. The minimum atomic E-state index is -0.980. The highest BCUT2D eigenvalue weighted by atomic mass is 19.1. The van der Waals surface area contributed by atoms with Crippen molar-refractivity contribution in [3.8, 4) is 11.5 Å². The number of anilines is 1. The summed E-state index contributed by atoms with van der Waals surface area (Å²) in [5, 5.41) is 0. The van der Waals surface area contributed by atoms with Crippen LogP contribution in [0.1, 0.15) is 25.3 Å². The van der Waals surface area contributed by atoms with Crippen LogP contribution in [0.3, 0.4) is 0 Å². The quantitative estimate of drug-likeness (QED) is 0.656. The number of benzene rings is 2. The Morgan fingerprint density at radius 2 is 1.72 bits per heavy atom. The maximum absolute atomic E-state index is 14.6. The molecule has 2 heterocycles. The first-order chi connectivity index (χ1) is 15.3. The van der Waals surface area contributed by atoms with Crippen molar-refractivity contribution >= 4 is 23.1 Å². The first kappa shape index (κ1) is 21.8. The SMILES string of the molecule is COc1ccc(C2=C(N3CCCC(C)C3)C(=O)N(c3ccc(F)cc3F)C2=O)cc1OC. The molecule has 0 bridgehead atoms. The van der Waals surface area contributed by atoms with Crippen LogP contribution in [0, 0.1) is 17.6 Å². The molecule has 1 atom stereocenters. The van der Waals surface area contributed by atoms with E-state index in [1.807, 2.05) is 4.90 Å². The Hall–Kier alpha value is -3.42. The van der Waals surface area contributed by atoms with E-state index in [1.165, 1.54) is 14.2 Å². The van der Waals surface area contributed by atoms with Gasteiger partial charge >= 0.3 is 0 Å². The van der Waals surface area contributed by atoms with Gasteiger partial charge in [0.2, 0.25) is 0 Å². The number of carbonyl (C=O) groups excluding carboxylic acids is 2. The summed E-state index contributed by atoms with van der Waals surface area (Å²) in [4.78, 5) is 29.7. The molecule has 8 heteroatoms. The third kappa shape index (κ3) is 3.70. The normalized spacial score (nSPS) is 19.1. The molecule has 2 aliphatic heterocycles. The number of amides is 2. The highest BCUT2D eigenvalue weighted by molar-refractivity contribution is 6.45. The zero-order chi connectivity index (χ0) is 23.0. The standard InChI is InChI=1S/C24H24F2N2O4/c1-14-5-4-10-27(13-14)22-21(15-6-9-19(31-2)20(11-15)32-3)23(29)28(24(22)30)18-8-7-16(25)12-17(18)26/h6-9,11-12,14H,4-5,10,13H2,1-3H3. The summed E-state index contributed by atoms with van der Waals surface area (Å²) in [6.07, 6.45) is 1.89. The van der Waals surface area contributed by atoms with E-state index in [0.29, 0.717) is 42.1 Å². The lowest BCUT2D eigenvalue weighted by atomic mass is 9.97. The van der Waals surface area contributed by atoms with Crippen molar-refractivity contribution in [3.05, 3.63) is 59.3 Å². The van der Waals surface area contributed by atoms with Gasteiger partial charge in [-0.1, -0.05) is 13.0 Å². The van der Waals surface area contributed by atoms with E-state index in [0.717, 1.165) is 29.9 Å². The smallest absolute Gasteiger partial charge is 0.282 e. The monoisotopic (exact) mass is 442 g/mol. The summed E-state index contributed by atoms with van der Waals surface area (Å²) in [5.74, 6) is -1.85. The van der Waals surface area contributed by atoms with Crippen molar-refractivity contribution in [2.75, 3.05) is 32.2 Å². The molecule has 0 aliphatic carbocycles. The largest absolute Gasteiger partial charge is 0.493 e. The second-order valence-corrected chi connectivity index (χ2v) is 8.03. The van der Waals surface area contributed by atoms with Crippen LogP contribution in [0.4, 0.5) is 14.5 Å². The second kappa shape index (κ2) is 8.61. The summed E-state index contributed by atoms with van der Waals surface area (Å²) < 4.78 is 38.7. The third-order valence-corrected chi connectivity index (χ3v) is 5.86. The molecule has 2 aromatic rings. The summed E-state index contributed by atoms with van der Waals surface area (Å²) in [6.45, 7) is 3.29. The van der Waals surface area contributed by atoms with Gasteiger partial charge in [0, 0.05) is 19.2 Å². The summed E-state index contributed by atoms with van der Waals surface area (Å²) in [5.41, 5.74) is 0.560. The summed E-state index contributed by atoms with van der Waals surface area (Å²) in [7, 11) is 2.98.